The van der Waals surface area contributed by atoms with Gasteiger partial charge in [-0.05, 0) is 46.3 Å². The van der Waals surface area contributed by atoms with Crippen LogP contribution in [0.1, 0.15) is 26.2 Å². The second-order valence-electron chi connectivity index (χ2n) is 4.61. The van der Waals surface area contributed by atoms with Crippen molar-refractivity contribution in [3.05, 3.63) is 12.2 Å². The molecular weight excluding hydrogens is 186 g/mol. The van der Waals surface area contributed by atoms with Crippen LogP contribution in [-0.2, 0) is 0 Å². The molecule has 1 heterocycles. The highest BCUT2D eigenvalue weighted by Crippen LogP contribution is 2.18. The van der Waals surface area contributed by atoms with Crippen LogP contribution >= 0.6 is 0 Å². The molecule has 3 nitrogen and oxygen atoms in total. The first-order valence-corrected chi connectivity index (χ1v) is 5.97. The fourth-order valence-electron chi connectivity index (χ4n) is 2.33. The van der Waals surface area contributed by atoms with Gasteiger partial charge in [-0.15, -0.1) is 0 Å². The molecule has 1 atom stereocenters. The zero-order valence-electron chi connectivity index (χ0n) is 10.1. The Morgan fingerprint density at radius 3 is 2.93 bits per heavy atom. The number of hydrogen-bond acceptors (Lipinski definition) is 3. The standard InChI is InChI=1S/C12H25N3/c1-3-4-5-8-14-12(10-13)7-6-9-15(2)11-12/h3-4,14H,5-11,13H2,1-2H3/b4-3+. The second kappa shape index (κ2) is 6.26. The number of nitrogens with zero attached hydrogens (tertiary/aromatic N) is 1. The molecule has 1 saturated heterocycles. The van der Waals surface area contributed by atoms with Crippen LogP contribution in [0.5, 0.6) is 0 Å². The number of hydrogen-bond donors (Lipinski definition) is 2. The molecule has 1 aliphatic rings. The van der Waals surface area contributed by atoms with Crippen LogP contribution in [-0.4, -0.2) is 43.7 Å². The van der Waals surface area contributed by atoms with E-state index < -0.39 is 0 Å². The molecule has 1 unspecified atom stereocenters. The van der Waals surface area contributed by atoms with Crippen LogP contribution in [0.4, 0.5) is 0 Å². The van der Waals surface area contributed by atoms with E-state index in [1.54, 1.807) is 0 Å². The van der Waals surface area contributed by atoms with E-state index in [2.05, 4.69) is 36.3 Å². The number of rotatable bonds is 5. The van der Waals surface area contributed by atoms with Gasteiger partial charge in [0.05, 0.1) is 0 Å². The van der Waals surface area contributed by atoms with Crippen molar-refractivity contribution in [2.24, 2.45) is 5.73 Å². The van der Waals surface area contributed by atoms with Crippen LogP contribution in [0.3, 0.4) is 0 Å². The Balaban J connectivity index is 2.37. The van der Waals surface area contributed by atoms with Gasteiger partial charge in [0.15, 0.2) is 0 Å². The van der Waals surface area contributed by atoms with Gasteiger partial charge < -0.3 is 16.0 Å². The molecule has 0 spiro atoms. The Hall–Kier alpha value is -0.380. The van der Waals surface area contributed by atoms with Gasteiger partial charge in [0.2, 0.25) is 0 Å². The van der Waals surface area contributed by atoms with Gasteiger partial charge in [-0.25, -0.2) is 0 Å². The maximum Gasteiger partial charge on any atom is 0.0433 e. The third-order valence-corrected chi connectivity index (χ3v) is 3.21. The van der Waals surface area contributed by atoms with Crippen molar-refractivity contribution in [1.29, 1.82) is 0 Å². The largest absolute Gasteiger partial charge is 0.329 e. The van der Waals surface area contributed by atoms with E-state index in [1.807, 2.05) is 0 Å². The van der Waals surface area contributed by atoms with Crippen LogP contribution in [0.15, 0.2) is 12.2 Å². The molecule has 1 aliphatic heterocycles. The molecule has 0 saturated carbocycles. The van der Waals surface area contributed by atoms with Gasteiger partial charge in [-0.1, -0.05) is 12.2 Å². The Bertz CT molecular complexity index is 203. The monoisotopic (exact) mass is 211 g/mol. The average molecular weight is 211 g/mol. The number of allylic oxidation sites excluding steroid dienone is 1. The average Bonchev–Trinajstić information content (AvgIpc) is 2.25. The molecule has 88 valence electrons. The van der Waals surface area contributed by atoms with E-state index >= 15 is 0 Å². The minimum absolute atomic E-state index is 0.161. The van der Waals surface area contributed by atoms with Crippen molar-refractivity contribution in [2.45, 2.75) is 31.7 Å². The van der Waals surface area contributed by atoms with Crippen LogP contribution in [0.25, 0.3) is 0 Å². The molecule has 0 aromatic heterocycles. The SMILES string of the molecule is C/C=C/CCNC1(CN)CCCN(C)C1. The van der Waals surface area contributed by atoms with E-state index in [9.17, 15) is 0 Å². The summed E-state index contributed by atoms with van der Waals surface area (Å²) in [7, 11) is 2.18. The lowest BCUT2D eigenvalue weighted by atomic mass is 9.89. The highest BCUT2D eigenvalue weighted by Gasteiger charge is 2.31. The van der Waals surface area contributed by atoms with Crippen molar-refractivity contribution in [1.82, 2.24) is 10.2 Å². The fourth-order valence-corrected chi connectivity index (χ4v) is 2.33. The Labute approximate surface area is 93.7 Å². The van der Waals surface area contributed by atoms with Crippen LogP contribution in [0, 0.1) is 0 Å². The molecule has 0 bridgehead atoms. The quantitative estimate of drug-likeness (QED) is 0.526. The minimum Gasteiger partial charge on any atom is -0.329 e. The van der Waals surface area contributed by atoms with Gasteiger partial charge in [-0.2, -0.15) is 0 Å². The fraction of sp³-hybridized carbons (Fsp3) is 0.833. The molecule has 0 aliphatic carbocycles. The van der Waals surface area contributed by atoms with Crippen molar-refractivity contribution >= 4 is 0 Å². The number of nitrogens with two attached hydrogens (primary N) is 1. The van der Waals surface area contributed by atoms with Gasteiger partial charge in [0, 0.05) is 18.6 Å². The molecule has 1 fully saturated rings. The maximum absolute atomic E-state index is 5.91. The first-order valence-electron chi connectivity index (χ1n) is 5.97. The number of nitrogens with one attached hydrogen (secondary N) is 1. The van der Waals surface area contributed by atoms with E-state index in [0.717, 1.165) is 26.1 Å². The maximum atomic E-state index is 5.91. The van der Waals surface area contributed by atoms with E-state index in [-0.39, 0.29) is 5.54 Å². The summed E-state index contributed by atoms with van der Waals surface area (Å²) in [6, 6.07) is 0. The summed E-state index contributed by atoms with van der Waals surface area (Å²) in [6.07, 6.45) is 7.86. The Morgan fingerprint density at radius 1 is 1.53 bits per heavy atom. The molecule has 0 aromatic rings. The van der Waals surface area contributed by atoms with E-state index in [4.69, 9.17) is 5.73 Å². The number of piperidine rings is 1. The number of likely N-dealkylation sites (N-methyl/N-ethyl adjacent to an activating group) is 1. The first-order chi connectivity index (χ1) is 7.22. The lowest BCUT2D eigenvalue weighted by molar-refractivity contribution is 0.150. The molecule has 0 radical (unpaired) electrons. The lowest BCUT2D eigenvalue weighted by Gasteiger charge is -2.41. The summed E-state index contributed by atoms with van der Waals surface area (Å²) < 4.78 is 0. The minimum atomic E-state index is 0.161. The highest BCUT2D eigenvalue weighted by atomic mass is 15.2. The zero-order chi connectivity index (χ0) is 11.1. The van der Waals surface area contributed by atoms with E-state index in [0.29, 0.717) is 0 Å². The van der Waals surface area contributed by atoms with Gasteiger partial charge in [0.1, 0.15) is 0 Å². The number of likely N-dealkylation sites (tertiary alicyclic amines) is 1. The molecule has 1 rings (SSSR count). The zero-order valence-corrected chi connectivity index (χ0v) is 10.1. The summed E-state index contributed by atoms with van der Waals surface area (Å²) in [5.74, 6) is 0. The Kier molecular flexibility index (Phi) is 5.29. The summed E-state index contributed by atoms with van der Waals surface area (Å²) in [4.78, 5) is 2.37. The first kappa shape index (κ1) is 12.7. The molecule has 3 N–H and O–H groups in total. The molecule has 0 amide bonds. The third kappa shape index (κ3) is 3.93. The highest BCUT2D eigenvalue weighted by molar-refractivity contribution is 4.95. The molecule has 15 heavy (non-hydrogen) atoms. The second-order valence-corrected chi connectivity index (χ2v) is 4.61. The molecule has 0 aromatic carbocycles. The molecular formula is C12H25N3. The van der Waals surface area contributed by atoms with Crippen LogP contribution < -0.4 is 11.1 Å². The van der Waals surface area contributed by atoms with Crippen LogP contribution in [0.2, 0.25) is 0 Å². The molecule has 3 heteroatoms. The van der Waals surface area contributed by atoms with E-state index in [1.165, 1.54) is 19.4 Å². The van der Waals surface area contributed by atoms with Crippen molar-refractivity contribution in [3.63, 3.8) is 0 Å². The normalized spacial score (nSPS) is 28.7. The smallest absolute Gasteiger partial charge is 0.0433 e. The van der Waals surface area contributed by atoms with Gasteiger partial charge in [-0.3, -0.25) is 0 Å². The third-order valence-electron chi connectivity index (χ3n) is 3.21. The lowest BCUT2D eigenvalue weighted by Crippen LogP contribution is -2.60. The summed E-state index contributed by atoms with van der Waals surface area (Å²) in [6.45, 7) is 6.13. The van der Waals surface area contributed by atoms with Gasteiger partial charge in [0.25, 0.3) is 0 Å². The topological polar surface area (TPSA) is 41.3 Å². The summed E-state index contributed by atoms with van der Waals surface area (Å²) in [5.41, 5.74) is 6.07. The van der Waals surface area contributed by atoms with Crippen molar-refractivity contribution in [3.8, 4) is 0 Å². The predicted molar refractivity (Wildman–Crippen MR) is 66.0 cm³/mol. The Morgan fingerprint density at radius 2 is 2.33 bits per heavy atom. The summed E-state index contributed by atoms with van der Waals surface area (Å²) in [5, 5.41) is 3.63. The van der Waals surface area contributed by atoms with Crippen molar-refractivity contribution in [2.75, 3.05) is 33.2 Å². The van der Waals surface area contributed by atoms with Gasteiger partial charge >= 0.3 is 0 Å². The predicted octanol–water partition coefficient (Wildman–Crippen LogP) is 0.965. The van der Waals surface area contributed by atoms with Crippen molar-refractivity contribution < 1.29 is 0 Å². The summed E-state index contributed by atoms with van der Waals surface area (Å²) >= 11 is 0.